The molecule has 0 aromatic heterocycles. The second-order valence-electron chi connectivity index (χ2n) is 5.97. The lowest BCUT2D eigenvalue weighted by Crippen LogP contribution is -2.21. The molecule has 0 bridgehead atoms. The summed E-state index contributed by atoms with van der Waals surface area (Å²) in [5.41, 5.74) is 1.58. The minimum absolute atomic E-state index is 0.124. The quantitative estimate of drug-likeness (QED) is 0.571. The van der Waals surface area contributed by atoms with Gasteiger partial charge in [0.25, 0.3) is 0 Å². The summed E-state index contributed by atoms with van der Waals surface area (Å²) < 4.78 is 14.0. The molecule has 0 nitrogen and oxygen atoms in total. The summed E-state index contributed by atoms with van der Waals surface area (Å²) in [5.74, 6) is -0.124. The molecule has 0 N–H and O–H groups in total. The summed E-state index contributed by atoms with van der Waals surface area (Å²) in [7, 11) is 0. The van der Waals surface area contributed by atoms with Gasteiger partial charge in [0, 0.05) is 10.2 Å². The minimum Gasteiger partial charge on any atom is -0.206 e. The van der Waals surface area contributed by atoms with E-state index >= 15 is 0 Å². The Morgan fingerprint density at radius 2 is 1.75 bits per heavy atom. The maximum atomic E-state index is 14.0. The van der Waals surface area contributed by atoms with Gasteiger partial charge in [0.05, 0.1) is 0 Å². The van der Waals surface area contributed by atoms with Crippen LogP contribution in [0.1, 0.15) is 49.4 Å². The van der Waals surface area contributed by atoms with E-state index in [0.717, 1.165) is 10.8 Å². The van der Waals surface area contributed by atoms with E-state index in [1.807, 2.05) is 30.3 Å². The average Bonchev–Trinajstić information content (AvgIpc) is 2.97. The van der Waals surface area contributed by atoms with Crippen molar-refractivity contribution in [2.75, 3.05) is 0 Å². The fourth-order valence-corrected chi connectivity index (χ4v) is 4.88. The Hall–Kier alpha value is -0.890. The van der Waals surface area contributed by atoms with Crippen LogP contribution in [0.4, 0.5) is 4.39 Å². The van der Waals surface area contributed by atoms with E-state index in [4.69, 9.17) is 0 Å². The zero-order chi connectivity index (χ0) is 14.2. The molecule has 1 aliphatic carbocycles. The summed E-state index contributed by atoms with van der Waals surface area (Å²) in [6.45, 7) is 2.28. The van der Waals surface area contributed by atoms with Crippen molar-refractivity contribution >= 4 is 26.7 Å². The monoisotopic (exact) mass is 334 g/mol. The molecule has 1 unspecified atom stereocenters. The molecule has 20 heavy (non-hydrogen) atoms. The highest BCUT2D eigenvalue weighted by molar-refractivity contribution is 9.09. The molecule has 3 rings (SSSR count). The van der Waals surface area contributed by atoms with Crippen molar-refractivity contribution in [1.82, 2.24) is 0 Å². The predicted molar refractivity (Wildman–Crippen MR) is 86.8 cm³/mol. The van der Waals surface area contributed by atoms with Crippen molar-refractivity contribution in [2.24, 2.45) is 5.41 Å². The van der Waals surface area contributed by atoms with Gasteiger partial charge in [-0.15, -0.1) is 0 Å². The highest BCUT2D eigenvalue weighted by Crippen LogP contribution is 2.55. The van der Waals surface area contributed by atoms with Gasteiger partial charge in [-0.3, -0.25) is 0 Å². The molecule has 1 atom stereocenters. The first-order valence-corrected chi connectivity index (χ1v) is 8.41. The van der Waals surface area contributed by atoms with Crippen LogP contribution in [-0.2, 0) is 0 Å². The fourth-order valence-electron chi connectivity index (χ4n) is 3.70. The van der Waals surface area contributed by atoms with E-state index in [-0.39, 0.29) is 5.82 Å². The topological polar surface area (TPSA) is 0 Å². The Labute approximate surface area is 128 Å². The van der Waals surface area contributed by atoms with E-state index in [2.05, 4.69) is 22.9 Å². The number of benzene rings is 2. The van der Waals surface area contributed by atoms with Crippen molar-refractivity contribution < 1.29 is 4.39 Å². The van der Waals surface area contributed by atoms with Gasteiger partial charge >= 0.3 is 0 Å². The van der Waals surface area contributed by atoms with Gasteiger partial charge in [-0.2, -0.15) is 0 Å². The summed E-state index contributed by atoms with van der Waals surface area (Å²) in [6, 6.07) is 11.4. The molecule has 2 heteroatoms. The van der Waals surface area contributed by atoms with Crippen LogP contribution in [0.15, 0.2) is 36.4 Å². The zero-order valence-corrected chi connectivity index (χ0v) is 13.4. The SMILES string of the molecule is CCC1(C(Br)c2ccc(F)c3ccccc23)CCCC1. The molecule has 2 aromatic carbocycles. The molecule has 2 aromatic rings. The van der Waals surface area contributed by atoms with Gasteiger partial charge in [0.15, 0.2) is 0 Å². The van der Waals surface area contributed by atoms with Crippen molar-refractivity contribution in [2.45, 2.75) is 43.9 Å². The first-order valence-electron chi connectivity index (χ1n) is 7.49. The third-order valence-electron chi connectivity index (χ3n) is 5.02. The second-order valence-corrected chi connectivity index (χ2v) is 6.88. The molecule has 0 saturated heterocycles. The number of halogens is 2. The summed E-state index contributed by atoms with van der Waals surface area (Å²) in [5, 5.41) is 1.79. The first-order chi connectivity index (χ1) is 9.68. The van der Waals surface area contributed by atoms with Gasteiger partial charge in [0.2, 0.25) is 0 Å². The van der Waals surface area contributed by atoms with Crippen LogP contribution in [0.2, 0.25) is 0 Å². The van der Waals surface area contributed by atoms with E-state index in [1.165, 1.54) is 37.7 Å². The zero-order valence-electron chi connectivity index (χ0n) is 11.8. The number of fused-ring (bicyclic) bond motifs is 1. The van der Waals surface area contributed by atoms with Gasteiger partial charge in [-0.25, -0.2) is 4.39 Å². The Bertz CT molecular complexity index is 614. The Morgan fingerprint density at radius 1 is 1.10 bits per heavy atom. The Balaban J connectivity index is 2.12. The van der Waals surface area contributed by atoms with E-state index in [1.54, 1.807) is 6.07 Å². The van der Waals surface area contributed by atoms with Crippen LogP contribution in [0.3, 0.4) is 0 Å². The van der Waals surface area contributed by atoms with E-state index in [0.29, 0.717) is 10.2 Å². The maximum absolute atomic E-state index is 14.0. The minimum atomic E-state index is -0.124. The predicted octanol–water partition coefficient (Wildman–Crippen LogP) is 6.39. The van der Waals surface area contributed by atoms with Crippen LogP contribution in [-0.4, -0.2) is 0 Å². The lowest BCUT2D eigenvalue weighted by atomic mass is 9.77. The standard InChI is InChI=1S/C18H20BrF/c1-2-18(11-5-6-12-18)17(19)15-9-10-16(20)14-8-4-3-7-13(14)15/h3-4,7-10,17H,2,5-6,11-12H2,1H3. The molecule has 0 amide bonds. The highest BCUT2D eigenvalue weighted by Gasteiger charge is 2.39. The summed E-state index contributed by atoms with van der Waals surface area (Å²) in [4.78, 5) is 0.313. The number of hydrogen-bond acceptors (Lipinski definition) is 0. The molecule has 1 saturated carbocycles. The normalized spacial score (nSPS) is 19.4. The highest BCUT2D eigenvalue weighted by atomic mass is 79.9. The maximum Gasteiger partial charge on any atom is 0.131 e. The largest absolute Gasteiger partial charge is 0.206 e. The lowest BCUT2D eigenvalue weighted by molar-refractivity contribution is 0.280. The van der Waals surface area contributed by atoms with Crippen LogP contribution in [0.25, 0.3) is 10.8 Å². The van der Waals surface area contributed by atoms with E-state index in [9.17, 15) is 4.39 Å². The van der Waals surface area contributed by atoms with Crippen molar-refractivity contribution in [3.8, 4) is 0 Å². The molecule has 0 heterocycles. The van der Waals surface area contributed by atoms with Gasteiger partial charge in [-0.05, 0) is 41.7 Å². The molecule has 0 radical (unpaired) electrons. The Morgan fingerprint density at radius 3 is 2.40 bits per heavy atom. The van der Waals surface area contributed by atoms with Crippen LogP contribution < -0.4 is 0 Å². The summed E-state index contributed by atoms with van der Waals surface area (Å²) in [6.07, 6.45) is 6.34. The van der Waals surface area contributed by atoms with Crippen molar-refractivity contribution in [1.29, 1.82) is 0 Å². The van der Waals surface area contributed by atoms with Gasteiger partial charge in [-0.1, -0.05) is 66.0 Å². The Kier molecular flexibility index (Phi) is 3.85. The lowest BCUT2D eigenvalue weighted by Gasteiger charge is -2.34. The molecule has 1 aliphatic rings. The van der Waals surface area contributed by atoms with Crippen LogP contribution in [0, 0.1) is 11.2 Å². The van der Waals surface area contributed by atoms with Crippen molar-refractivity contribution in [3.63, 3.8) is 0 Å². The first kappa shape index (κ1) is 14.1. The molecular formula is C18H20BrF. The van der Waals surface area contributed by atoms with E-state index < -0.39 is 0 Å². The number of hydrogen-bond donors (Lipinski definition) is 0. The number of alkyl halides is 1. The third-order valence-corrected chi connectivity index (χ3v) is 6.48. The summed E-state index contributed by atoms with van der Waals surface area (Å²) >= 11 is 3.95. The van der Waals surface area contributed by atoms with Gasteiger partial charge < -0.3 is 0 Å². The molecular weight excluding hydrogens is 315 g/mol. The van der Waals surface area contributed by atoms with Crippen LogP contribution in [0.5, 0.6) is 0 Å². The molecule has 0 spiro atoms. The third kappa shape index (κ3) is 2.18. The number of rotatable bonds is 3. The molecule has 1 fully saturated rings. The smallest absolute Gasteiger partial charge is 0.131 e. The second kappa shape index (κ2) is 5.48. The fraction of sp³-hybridized carbons (Fsp3) is 0.444. The van der Waals surface area contributed by atoms with Crippen LogP contribution >= 0.6 is 15.9 Å². The average molecular weight is 335 g/mol. The molecule has 106 valence electrons. The van der Waals surface area contributed by atoms with Gasteiger partial charge in [0.1, 0.15) is 5.82 Å². The van der Waals surface area contributed by atoms with Crippen molar-refractivity contribution in [3.05, 3.63) is 47.8 Å². The molecule has 0 aliphatic heterocycles.